The van der Waals surface area contributed by atoms with Crippen LogP contribution in [0.5, 0.6) is 5.75 Å². The number of benzene rings is 1. The van der Waals surface area contributed by atoms with Crippen LogP contribution in [0.25, 0.3) is 0 Å². The summed E-state index contributed by atoms with van der Waals surface area (Å²) in [6.45, 7) is 2.02. The number of fused-ring (bicyclic) bond motifs is 5. The number of aryl methyl sites for hydroxylation is 1. The number of aliphatic carboxylic acids is 1. The van der Waals surface area contributed by atoms with Crippen LogP contribution in [0.15, 0.2) is 12.1 Å². The average Bonchev–Trinajstić information content (AvgIpc) is 2.89. The molecular weight excluding hydrogens is 260 g/mol. The summed E-state index contributed by atoms with van der Waals surface area (Å²) in [5.41, 5.74) is 3.29. The minimum absolute atomic E-state index is 0.216. The highest BCUT2D eigenvalue weighted by atomic mass is 16.6. The van der Waals surface area contributed by atoms with E-state index in [1.165, 1.54) is 5.56 Å². The zero-order valence-electron chi connectivity index (χ0n) is 11.2. The Morgan fingerprint density at radius 2 is 2.30 bits per heavy atom. The van der Waals surface area contributed by atoms with Crippen LogP contribution < -0.4 is 4.74 Å². The fourth-order valence-corrected chi connectivity index (χ4v) is 3.52. The van der Waals surface area contributed by atoms with Crippen molar-refractivity contribution in [2.45, 2.75) is 44.2 Å². The second-order valence-electron chi connectivity index (χ2n) is 5.79. The van der Waals surface area contributed by atoms with E-state index in [4.69, 9.17) is 19.3 Å². The molecule has 4 atom stereocenters. The van der Waals surface area contributed by atoms with Crippen molar-refractivity contribution in [2.75, 3.05) is 6.61 Å². The summed E-state index contributed by atoms with van der Waals surface area (Å²) in [7, 11) is 0. The number of carbonyl (C=O) groups is 1. The Labute approximate surface area is 116 Å². The first kappa shape index (κ1) is 12.2. The van der Waals surface area contributed by atoms with Crippen molar-refractivity contribution in [3.63, 3.8) is 0 Å². The summed E-state index contributed by atoms with van der Waals surface area (Å²) in [6, 6.07) is 4.16. The van der Waals surface area contributed by atoms with Crippen molar-refractivity contribution in [1.82, 2.24) is 0 Å². The number of rotatable bonds is 4. The van der Waals surface area contributed by atoms with Gasteiger partial charge in [0.1, 0.15) is 18.5 Å². The molecule has 1 aromatic carbocycles. The normalized spacial score (nSPS) is 32.2. The van der Waals surface area contributed by atoms with E-state index in [0.29, 0.717) is 18.1 Å². The molecule has 2 unspecified atom stereocenters. The predicted molar refractivity (Wildman–Crippen MR) is 68.9 cm³/mol. The SMILES string of the molecule is Cc1cc(COCC(=O)O)c2c(c1)C1C(C[C@H]3O[C@@H]13)O2. The van der Waals surface area contributed by atoms with Gasteiger partial charge in [0.2, 0.25) is 0 Å². The quantitative estimate of drug-likeness (QED) is 0.846. The zero-order chi connectivity index (χ0) is 13.9. The molecule has 5 heteroatoms. The van der Waals surface area contributed by atoms with Crippen LogP contribution in [-0.4, -0.2) is 36.0 Å². The number of carboxylic acid groups (broad SMARTS) is 1. The van der Waals surface area contributed by atoms with Gasteiger partial charge in [-0.15, -0.1) is 0 Å². The number of ether oxygens (including phenoxy) is 3. The first-order chi connectivity index (χ1) is 9.63. The Morgan fingerprint density at radius 1 is 1.45 bits per heavy atom. The molecule has 1 saturated carbocycles. The van der Waals surface area contributed by atoms with Gasteiger partial charge in [-0.1, -0.05) is 17.7 Å². The molecule has 0 radical (unpaired) electrons. The molecule has 2 fully saturated rings. The Kier molecular flexibility index (Phi) is 2.56. The highest BCUT2D eigenvalue weighted by molar-refractivity contribution is 5.68. The van der Waals surface area contributed by atoms with Gasteiger partial charge in [0.05, 0.1) is 24.7 Å². The first-order valence-electron chi connectivity index (χ1n) is 6.88. The van der Waals surface area contributed by atoms with Crippen molar-refractivity contribution in [3.05, 3.63) is 28.8 Å². The zero-order valence-corrected chi connectivity index (χ0v) is 11.2. The fourth-order valence-electron chi connectivity index (χ4n) is 3.52. The molecule has 4 rings (SSSR count). The van der Waals surface area contributed by atoms with Gasteiger partial charge in [-0.2, -0.15) is 0 Å². The second kappa shape index (κ2) is 4.20. The van der Waals surface area contributed by atoms with Crippen LogP contribution in [0, 0.1) is 6.92 Å². The lowest BCUT2D eigenvalue weighted by molar-refractivity contribution is -0.142. The van der Waals surface area contributed by atoms with Crippen LogP contribution >= 0.6 is 0 Å². The maximum Gasteiger partial charge on any atom is 0.329 e. The second-order valence-corrected chi connectivity index (χ2v) is 5.79. The Morgan fingerprint density at radius 3 is 3.10 bits per heavy atom. The lowest BCUT2D eigenvalue weighted by Crippen LogP contribution is -2.17. The molecule has 0 spiro atoms. The molecule has 5 nitrogen and oxygen atoms in total. The lowest BCUT2D eigenvalue weighted by Gasteiger charge is -2.12. The summed E-state index contributed by atoms with van der Waals surface area (Å²) >= 11 is 0. The molecule has 1 saturated heterocycles. The van der Waals surface area contributed by atoms with E-state index < -0.39 is 5.97 Å². The minimum atomic E-state index is -0.957. The molecule has 1 N–H and O–H groups in total. The lowest BCUT2D eigenvalue weighted by atomic mass is 9.93. The molecule has 106 valence electrons. The third-order valence-corrected chi connectivity index (χ3v) is 4.29. The van der Waals surface area contributed by atoms with Crippen LogP contribution in [-0.2, 0) is 20.9 Å². The van der Waals surface area contributed by atoms with Crippen LogP contribution in [0.2, 0.25) is 0 Å². The molecule has 0 amide bonds. The smallest absolute Gasteiger partial charge is 0.329 e. The molecule has 2 aliphatic heterocycles. The summed E-state index contributed by atoms with van der Waals surface area (Å²) in [6.07, 6.45) is 1.87. The maximum atomic E-state index is 10.5. The minimum Gasteiger partial charge on any atom is -0.489 e. The fraction of sp³-hybridized carbons (Fsp3) is 0.533. The number of hydrogen-bond donors (Lipinski definition) is 1. The van der Waals surface area contributed by atoms with Crippen molar-refractivity contribution >= 4 is 5.97 Å². The van der Waals surface area contributed by atoms with E-state index in [1.807, 2.05) is 13.0 Å². The van der Waals surface area contributed by atoms with E-state index in [0.717, 1.165) is 23.3 Å². The number of epoxide rings is 1. The van der Waals surface area contributed by atoms with Gasteiger partial charge < -0.3 is 19.3 Å². The number of carboxylic acids is 1. The summed E-state index contributed by atoms with van der Waals surface area (Å²) in [4.78, 5) is 10.5. The van der Waals surface area contributed by atoms with Gasteiger partial charge in [0.15, 0.2) is 0 Å². The Balaban J connectivity index is 1.61. The highest BCUT2D eigenvalue weighted by Crippen LogP contribution is 2.56. The van der Waals surface area contributed by atoms with Crippen LogP contribution in [0.3, 0.4) is 0 Å². The average molecular weight is 276 g/mol. The molecule has 1 aromatic rings. The van der Waals surface area contributed by atoms with Gasteiger partial charge in [-0.25, -0.2) is 4.79 Å². The number of hydrogen-bond acceptors (Lipinski definition) is 4. The summed E-state index contributed by atoms with van der Waals surface area (Å²) in [5.74, 6) is 0.263. The van der Waals surface area contributed by atoms with E-state index >= 15 is 0 Å². The summed E-state index contributed by atoms with van der Waals surface area (Å²) < 4.78 is 16.9. The molecule has 0 aromatic heterocycles. The molecular formula is C15H16O5. The van der Waals surface area contributed by atoms with Crippen molar-refractivity contribution in [3.8, 4) is 5.75 Å². The molecule has 2 heterocycles. The monoisotopic (exact) mass is 276 g/mol. The van der Waals surface area contributed by atoms with Crippen LogP contribution in [0.1, 0.15) is 29.0 Å². The summed E-state index contributed by atoms with van der Waals surface area (Å²) in [5, 5.41) is 8.64. The molecule has 0 bridgehead atoms. The van der Waals surface area contributed by atoms with Crippen LogP contribution in [0.4, 0.5) is 0 Å². The van der Waals surface area contributed by atoms with Crippen molar-refractivity contribution < 1.29 is 24.1 Å². The van der Waals surface area contributed by atoms with E-state index in [9.17, 15) is 4.79 Å². The van der Waals surface area contributed by atoms with Gasteiger partial charge in [0, 0.05) is 17.5 Å². The van der Waals surface area contributed by atoms with Gasteiger partial charge in [-0.05, 0) is 6.92 Å². The van der Waals surface area contributed by atoms with Gasteiger partial charge in [0.25, 0.3) is 0 Å². The molecule has 3 aliphatic rings. The largest absolute Gasteiger partial charge is 0.489 e. The Bertz CT molecular complexity index is 582. The van der Waals surface area contributed by atoms with Crippen molar-refractivity contribution in [2.24, 2.45) is 0 Å². The maximum absolute atomic E-state index is 10.5. The highest BCUT2D eigenvalue weighted by Gasteiger charge is 2.60. The third-order valence-electron chi connectivity index (χ3n) is 4.29. The van der Waals surface area contributed by atoms with Gasteiger partial charge in [-0.3, -0.25) is 0 Å². The van der Waals surface area contributed by atoms with E-state index in [1.54, 1.807) is 0 Å². The van der Waals surface area contributed by atoms with Gasteiger partial charge >= 0.3 is 5.97 Å². The topological polar surface area (TPSA) is 68.3 Å². The first-order valence-corrected chi connectivity index (χ1v) is 6.88. The predicted octanol–water partition coefficient (Wildman–Crippen LogP) is 1.61. The van der Waals surface area contributed by atoms with E-state index in [-0.39, 0.29) is 19.3 Å². The van der Waals surface area contributed by atoms with Crippen molar-refractivity contribution in [1.29, 1.82) is 0 Å². The molecule has 1 aliphatic carbocycles. The standard InChI is InChI=1S/C15H16O5/c1-7-2-8(5-18-6-12(16)17)14-9(3-7)13-10(19-14)4-11-15(13)20-11/h2-3,10-11,13,15H,4-6H2,1H3,(H,16,17)/t10?,11-,13?,15-/m1/s1. The third kappa shape index (κ3) is 1.81. The molecule has 20 heavy (non-hydrogen) atoms. The Hall–Kier alpha value is -1.59. The van der Waals surface area contributed by atoms with E-state index in [2.05, 4.69) is 6.07 Å².